The van der Waals surface area contributed by atoms with Crippen molar-refractivity contribution < 1.29 is 23.8 Å². The lowest BCUT2D eigenvalue weighted by molar-refractivity contribution is -0.163. The number of hydrogen-bond donors (Lipinski definition) is 0. The summed E-state index contributed by atoms with van der Waals surface area (Å²) in [5.41, 5.74) is -1.31. The fraction of sp³-hybridized carbons (Fsp3) is 0.833. The summed E-state index contributed by atoms with van der Waals surface area (Å²) in [5, 5.41) is 0. The molecule has 17 heavy (non-hydrogen) atoms. The molecule has 0 unspecified atom stereocenters. The third-order valence-electron chi connectivity index (χ3n) is 2.07. The van der Waals surface area contributed by atoms with Gasteiger partial charge in [-0.2, -0.15) is 0 Å². The van der Waals surface area contributed by atoms with Crippen LogP contribution in [0.2, 0.25) is 0 Å². The van der Waals surface area contributed by atoms with Crippen molar-refractivity contribution in [3.8, 4) is 0 Å². The number of hydrogen-bond acceptors (Lipinski definition) is 5. The number of carbonyl (C=O) groups excluding carboxylic acids is 2. The number of esters is 1. The molecule has 0 saturated carbocycles. The molecule has 0 aliphatic heterocycles. The van der Waals surface area contributed by atoms with Crippen molar-refractivity contribution in [2.45, 2.75) is 52.6 Å². The van der Waals surface area contributed by atoms with Gasteiger partial charge in [-0.1, -0.05) is 19.8 Å². The van der Waals surface area contributed by atoms with Gasteiger partial charge in [0.2, 0.25) is 5.60 Å². The first kappa shape index (κ1) is 15.7. The fourth-order valence-electron chi connectivity index (χ4n) is 1.09. The third kappa shape index (κ3) is 6.81. The lowest BCUT2D eigenvalue weighted by Crippen LogP contribution is -2.39. The summed E-state index contributed by atoms with van der Waals surface area (Å²) in [4.78, 5) is 22.7. The van der Waals surface area contributed by atoms with Crippen LogP contribution in [0, 0.1) is 0 Å². The van der Waals surface area contributed by atoms with Gasteiger partial charge < -0.3 is 14.2 Å². The molecule has 0 heterocycles. The van der Waals surface area contributed by atoms with Gasteiger partial charge in [-0.05, 0) is 27.2 Å². The standard InChI is InChI=1S/C12H22O5/c1-5-7-8-9-16-11(14)17-12(3,4)10(13)15-6-2/h5-9H2,1-4H3. The molecule has 0 radical (unpaired) electrons. The second-order valence-electron chi connectivity index (χ2n) is 4.14. The molecule has 5 nitrogen and oxygen atoms in total. The molecule has 0 aromatic heterocycles. The summed E-state index contributed by atoms with van der Waals surface area (Å²) in [7, 11) is 0. The van der Waals surface area contributed by atoms with Gasteiger partial charge in [0.1, 0.15) is 0 Å². The lowest BCUT2D eigenvalue weighted by Gasteiger charge is -2.21. The molecular formula is C12H22O5. The minimum atomic E-state index is -1.31. The second kappa shape index (κ2) is 7.92. The van der Waals surface area contributed by atoms with E-state index in [2.05, 4.69) is 6.92 Å². The topological polar surface area (TPSA) is 61.8 Å². The van der Waals surface area contributed by atoms with E-state index in [4.69, 9.17) is 14.2 Å². The van der Waals surface area contributed by atoms with Crippen LogP contribution in [0.1, 0.15) is 47.0 Å². The van der Waals surface area contributed by atoms with E-state index >= 15 is 0 Å². The summed E-state index contributed by atoms with van der Waals surface area (Å²) in [6, 6.07) is 0. The molecule has 0 saturated heterocycles. The fourth-order valence-corrected chi connectivity index (χ4v) is 1.09. The van der Waals surface area contributed by atoms with Gasteiger partial charge in [0, 0.05) is 0 Å². The van der Waals surface area contributed by atoms with E-state index in [0.29, 0.717) is 6.61 Å². The van der Waals surface area contributed by atoms with Crippen LogP contribution in [0.5, 0.6) is 0 Å². The quantitative estimate of drug-likeness (QED) is 0.510. The zero-order chi connectivity index (χ0) is 13.3. The molecule has 0 aliphatic carbocycles. The van der Waals surface area contributed by atoms with Gasteiger partial charge in [-0.15, -0.1) is 0 Å². The van der Waals surface area contributed by atoms with Crippen LogP contribution < -0.4 is 0 Å². The van der Waals surface area contributed by atoms with E-state index in [1.165, 1.54) is 13.8 Å². The lowest BCUT2D eigenvalue weighted by atomic mass is 10.1. The Kier molecular flexibility index (Phi) is 7.34. The number of unbranched alkanes of at least 4 members (excludes halogenated alkanes) is 2. The van der Waals surface area contributed by atoms with Crippen LogP contribution in [0.15, 0.2) is 0 Å². The van der Waals surface area contributed by atoms with Gasteiger partial charge in [-0.25, -0.2) is 9.59 Å². The highest BCUT2D eigenvalue weighted by Crippen LogP contribution is 2.13. The van der Waals surface area contributed by atoms with Crippen LogP contribution >= 0.6 is 0 Å². The van der Waals surface area contributed by atoms with E-state index in [1.807, 2.05) is 0 Å². The van der Waals surface area contributed by atoms with E-state index in [0.717, 1.165) is 19.3 Å². The van der Waals surface area contributed by atoms with E-state index < -0.39 is 17.7 Å². The van der Waals surface area contributed by atoms with Crippen molar-refractivity contribution in [2.75, 3.05) is 13.2 Å². The minimum Gasteiger partial charge on any atom is -0.463 e. The molecule has 0 fully saturated rings. The summed E-state index contributed by atoms with van der Waals surface area (Å²) < 4.78 is 14.5. The molecule has 0 aromatic rings. The molecule has 5 heteroatoms. The Bertz CT molecular complexity index is 247. The van der Waals surface area contributed by atoms with Crippen LogP contribution in [0.4, 0.5) is 4.79 Å². The van der Waals surface area contributed by atoms with E-state index in [9.17, 15) is 9.59 Å². The number of ether oxygens (including phenoxy) is 3. The van der Waals surface area contributed by atoms with Crippen molar-refractivity contribution in [2.24, 2.45) is 0 Å². The summed E-state index contributed by atoms with van der Waals surface area (Å²) in [6.07, 6.45) is 2.01. The van der Waals surface area contributed by atoms with Crippen molar-refractivity contribution in [3.63, 3.8) is 0 Å². The van der Waals surface area contributed by atoms with Gasteiger partial charge in [0.05, 0.1) is 13.2 Å². The van der Waals surface area contributed by atoms with Crippen molar-refractivity contribution in [3.05, 3.63) is 0 Å². The summed E-state index contributed by atoms with van der Waals surface area (Å²) in [5.74, 6) is -0.578. The van der Waals surface area contributed by atoms with Gasteiger partial charge >= 0.3 is 12.1 Å². The highest BCUT2D eigenvalue weighted by atomic mass is 16.7. The molecule has 0 N–H and O–H groups in total. The largest absolute Gasteiger partial charge is 0.509 e. The van der Waals surface area contributed by atoms with Crippen LogP contribution in [-0.4, -0.2) is 30.9 Å². The predicted molar refractivity (Wildman–Crippen MR) is 62.7 cm³/mol. The van der Waals surface area contributed by atoms with Gasteiger partial charge in [0.15, 0.2) is 0 Å². The monoisotopic (exact) mass is 246 g/mol. The maximum atomic E-state index is 11.4. The highest BCUT2D eigenvalue weighted by molar-refractivity contribution is 5.81. The molecule has 0 atom stereocenters. The van der Waals surface area contributed by atoms with Crippen LogP contribution in [0.25, 0.3) is 0 Å². The average Bonchev–Trinajstić information content (AvgIpc) is 2.24. The Labute approximate surface area is 102 Å². The Hall–Kier alpha value is -1.26. The first-order valence-corrected chi connectivity index (χ1v) is 5.97. The Morgan fingerprint density at radius 1 is 1.06 bits per heavy atom. The molecular weight excluding hydrogens is 224 g/mol. The zero-order valence-corrected chi connectivity index (χ0v) is 11.1. The van der Waals surface area contributed by atoms with Crippen molar-refractivity contribution in [1.29, 1.82) is 0 Å². The molecule has 0 aliphatic rings. The van der Waals surface area contributed by atoms with Crippen molar-refractivity contribution in [1.82, 2.24) is 0 Å². The maximum absolute atomic E-state index is 11.4. The average molecular weight is 246 g/mol. The zero-order valence-electron chi connectivity index (χ0n) is 11.1. The number of carbonyl (C=O) groups is 2. The number of rotatable bonds is 7. The van der Waals surface area contributed by atoms with Gasteiger partial charge in [-0.3, -0.25) is 0 Å². The molecule has 0 bridgehead atoms. The van der Waals surface area contributed by atoms with Crippen LogP contribution in [0.3, 0.4) is 0 Å². The molecule has 0 aromatic carbocycles. The second-order valence-corrected chi connectivity index (χ2v) is 4.14. The molecule has 100 valence electrons. The Balaban J connectivity index is 3.96. The Morgan fingerprint density at radius 2 is 1.71 bits per heavy atom. The van der Waals surface area contributed by atoms with Gasteiger partial charge in [0.25, 0.3) is 0 Å². The highest BCUT2D eigenvalue weighted by Gasteiger charge is 2.34. The summed E-state index contributed by atoms with van der Waals surface area (Å²) >= 11 is 0. The SMILES string of the molecule is CCCCCOC(=O)OC(C)(C)C(=O)OCC. The molecule has 0 rings (SSSR count). The molecule has 0 spiro atoms. The first-order chi connectivity index (χ1) is 7.94. The Morgan fingerprint density at radius 3 is 2.24 bits per heavy atom. The van der Waals surface area contributed by atoms with E-state index in [-0.39, 0.29) is 6.61 Å². The van der Waals surface area contributed by atoms with E-state index in [1.54, 1.807) is 6.92 Å². The van der Waals surface area contributed by atoms with Crippen LogP contribution in [-0.2, 0) is 19.0 Å². The maximum Gasteiger partial charge on any atom is 0.509 e. The third-order valence-corrected chi connectivity index (χ3v) is 2.07. The first-order valence-electron chi connectivity index (χ1n) is 5.97. The summed E-state index contributed by atoms with van der Waals surface area (Å²) in [6.45, 7) is 7.25. The smallest absolute Gasteiger partial charge is 0.463 e. The predicted octanol–water partition coefficient (Wildman–Crippen LogP) is 2.67. The minimum absolute atomic E-state index is 0.247. The molecule has 0 amide bonds. The van der Waals surface area contributed by atoms with Crippen molar-refractivity contribution >= 4 is 12.1 Å². The normalized spacial score (nSPS) is 10.8.